The van der Waals surface area contributed by atoms with Crippen molar-refractivity contribution in [3.63, 3.8) is 0 Å². The smallest absolute Gasteiger partial charge is 0.228 e. The molecule has 2 amide bonds. The Morgan fingerprint density at radius 3 is 2.39 bits per heavy atom. The van der Waals surface area contributed by atoms with E-state index in [9.17, 15) is 14.0 Å². The van der Waals surface area contributed by atoms with Gasteiger partial charge in [0.15, 0.2) is 0 Å². The van der Waals surface area contributed by atoms with Gasteiger partial charge in [-0.05, 0) is 35.9 Å². The number of hydrogen-bond donors (Lipinski definition) is 1. The SMILES string of the molecule is CC(=O)N(C)c1ccc(CC(=O)Nc2ccc(F)c(Cl)c2)cc1. The number of halogens is 2. The maximum Gasteiger partial charge on any atom is 0.228 e. The molecule has 2 aromatic rings. The Balaban J connectivity index is 2.00. The van der Waals surface area contributed by atoms with Crippen LogP contribution in [-0.4, -0.2) is 18.9 Å². The fourth-order valence-corrected chi connectivity index (χ4v) is 2.16. The van der Waals surface area contributed by atoms with Crippen LogP contribution in [0.2, 0.25) is 5.02 Å². The second-order valence-corrected chi connectivity index (χ2v) is 5.51. The van der Waals surface area contributed by atoms with Gasteiger partial charge in [-0.2, -0.15) is 0 Å². The number of anilines is 2. The van der Waals surface area contributed by atoms with Crippen molar-refractivity contribution in [1.82, 2.24) is 0 Å². The van der Waals surface area contributed by atoms with E-state index in [0.717, 1.165) is 11.3 Å². The Kier molecular flexibility index (Phi) is 5.34. The highest BCUT2D eigenvalue weighted by atomic mass is 35.5. The van der Waals surface area contributed by atoms with Crippen LogP contribution in [0.5, 0.6) is 0 Å². The van der Waals surface area contributed by atoms with Gasteiger partial charge < -0.3 is 10.2 Å². The van der Waals surface area contributed by atoms with E-state index in [1.807, 2.05) is 0 Å². The standard InChI is InChI=1S/C17H16ClFN2O2/c1-11(22)21(2)14-6-3-12(4-7-14)9-17(23)20-13-5-8-16(19)15(18)10-13/h3-8,10H,9H2,1-2H3,(H,20,23). The van der Waals surface area contributed by atoms with Crippen molar-refractivity contribution in [2.24, 2.45) is 0 Å². The number of rotatable bonds is 4. The average molecular weight is 335 g/mol. The highest BCUT2D eigenvalue weighted by molar-refractivity contribution is 6.31. The lowest BCUT2D eigenvalue weighted by Gasteiger charge is -2.15. The number of nitrogens with one attached hydrogen (secondary N) is 1. The third-order valence-corrected chi connectivity index (χ3v) is 3.65. The van der Waals surface area contributed by atoms with E-state index >= 15 is 0 Å². The molecule has 4 nitrogen and oxygen atoms in total. The second kappa shape index (κ2) is 7.24. The monoisotopic (exact) mass is 334 g/mol. The first kappa shape index (κ1) is 17.0. The first-order chi connectivity index (χ1) is 10.9. The lowest BCUT2D eigenvalue weighted by atomic mass is 10.1. The van der Waals surface area contributed by atoms with E-state index in [0.29, 0.717) is 5.69 Å². The summed E-state index contributed by atoms with van der Waals surface area (Å²) < 4.78 is 13.1. The molecule has 0 heterocycles. The molecule has 0 radical (unpaired) electrons. The zero-order valence-electron chi connectivity index (χ0n) is 12.8. The minimum Gasteiger partial charge on any atom is -0.326 e. The fraction of sp³-hybridized carbons (Fsp3) is 0.176. The topological polar surface area (TPSA) is 49.4 Å². The van der Waals surface area contributed by atoms with E-state index in [1.165, 1.54) is 30.0 Å². The van der Waals surface area contributed by atoms with Crippen LogP contribution >= 0.6 is 11.6 Å². The maximum absolute atomic E-state index is 13.1. The predicted octanol–water partition coefficient (Wildman–Crippen LogP) is 3.64. The quantitative estimate of drug-likeness (QED) is 0.928. The molecule has 0 bridgehead atoms. The molecule has 0 saturated carbocycles. The molecule has 1 N–H and O–H groups in total. The summed E-state index contributed by atoms with van der Waals surface area (Å²) in [7, 11) is 1.68. The molecule has 6 heteroatoms. The number of amides is 2. The van der Waals surface area contributed by atoms with Crippen LogP contribution in [0, 0.1) is 5.82 Å². The van der Waals surface area contributed by atoms with Gasteiger partial charge in [-0.15, -0.1) is 0 Å². The molecule has 0 aliphatic carbocycles. The second-order valence-electron chi connectivity index (χ2n) is 5.10. The van der Waals surface area contributed by atoms with Crippen LogP contribution in [-0.2, 0) is 16.0 Å². The van der Waals surface area contributed by atoms with Crippen LogP contribution in [0.3, 0.4) is 0 Å². The van der Waals surface area contributed by atoms with E-state index in [-0.39, 0.29) is 23.3 Å². The predicted molar refractivity (Wildman–Crippen MR) is 89.3 cm³/mol. The average Bonchev–Trinajstić information content (AvgIpc) is 2.51. The minimum absolute atomic E-state index is 0.0422. The molecular formula is C17H16ClFN2O2. The van der Waals surface area contributed by atoms with Crippen molar-refractivity contribution in [3.8, 4) is 0 Å². The molecule has 0 aromatic heterocycles. The third-order valence-electron chi connectivity index (χ3n) is 3.36. The van der Waals surface area contributed by atoms with Gasteiger partial charge in [0.25, 0.3) is 0 Å². The normalized spacial score (nSPS) is 10.3. The Labute approximate surface area is 138 Å². The van der Waals surface area contributed by atoms with Gasteiger partial charge in [0, 0.05) is 25.3 Å². The van der Waals surface area contributed by atoms with Crippen molar-refractivity contribution in [2.45, 2.75) is 13.3 Å². The van der Waals surface area contributed by atoms with Gasteiger partial charge in [-0.3, -0.25) is 9.59 Å². The summed E-state index contributed by atoms with van der Waals surface area (Å²) in [4.78, 5) is 24.8. The van der Waals surface area contributed by atoms with Gasteiger partial charge >= 0.3 is 0 Å². The third kappa shape index (κ3) is 4.53. The van der Waals surface area contributed by atoms with Crippen LogP contribution in [0.4, 0.5) is 15.8 Å². The highest BCUT2D eigenvalue weighted by Crippen LogP contribution is 2.20. The number of carbonyl (C=O) groups excluding carboxylic acids is 2. The summed E-state index contributed by atoms with van der Waals surface area (Å²) in [5.74, 6) is -0.834. The van der Waals surface area contributed by atoms with Gasteiger partial charge in [0.2, 0.25) is 11.8 Å². The lowest BCUT2D eigenvalue weighted by molar-refractivity contribution is -0.116. The molecule has 0 aliphatic heterocycles. The Morgan fingerprint density at radius 2 is 1.83 bits per heavy atom. The molecule has 0 saturated heterocycles. The van der Waals surface area contributed by atoms with E-state index in [2.05, 4.69) is 5.32 Å². The molecule has 2 aromatic carbocycles. The van der Waals surface area contributed by atoms with Crippen LogP contribution in [0.15, 0.2) is 42.5 Å². The molecule has 0 unspecified atom stereocenters. The lowest BCUT2D eigenvalue weighted by Crippen LogP contribution is -2.22. The van der Waals surface area contributed by atoms with E-state index in [4.69, 9.17) is 11.6 Å². The summed E-state index contributed by atoms with van der Waals surface area (Å²) in [5.41, 5.74) is 2.00. The Hall–Kier alpha value is -2.40. The summed E-state index contributed by atoms with van der Waals surface area (Å²) >= 11 is 5.67. The largest absolute Gasteiger partial charge is 0.326 e. The molecule has 23 heavy (non-hydrogen) atoms. The van der Waals surface area contributed by atoms with Gasteiger partial charge in [0.05, 0.1) is 11.4 Å². The number of nitrogens with zero attached hydrogens (tertiary/aromatic N) is 1. The first-order valence-corrected chi connectivity index (χ1v) is 7.33. The molecule has 120 valence electrons. The highest BCUT2D eigenvalue weighted by Gasteiger charge is 2.08. The van der Waals surface area contributed by atoms with Crippen molar-refractivity contribution in [3.05, 3.63) is 58.9 Å². The van der Waals surface area contributed by atoms with Crippen LogP contribution in [0.1, 0.15) is 12.5 Å². The maximum atomic E-state index is 13.1. The molecule has 0 aliphatic rings. The van der Waals surface area contributed by atoms with Crippen molar-refractivity contribution < 1.29 is 14.0 Å². The van der Waals surface area contributed by atoms with Crippen molar-refractivity contribution >= 4 is 34.8 Å². The van der Waals surface area contributed by atoms with E-state index < -0.39 is 5.82 Å². The summed E-state index contributed by atoms with van der Waals surface area (Å²) in [6.45, 7) is 1.48. The molecule has 0 fully saturated rings. The van der Waals surface area contributed by atoms with Crippen molar-refractivity contribution in [2.75, 3.05) is 17.3 Å². The molecular weight excluding hydrogens is 319 g/mol. The number of carbonyl (C=O) groups is 2. The number of hydrogen-bond acceptors (Lipinski definition) is 2. The summed E-state index contributed by atoms with van der Waals surface area (Å²) in [6, 6.07) is 11.1. The zero-order valence-corrected chi connectivity index (χ0v) is 13.5. The van der Waals surface area contributed by atoms with Gasteiger partial charge in [-0.1, -0.05) is 23.7 Å². The van der Waals surface area contributed by atoms with Crippen LogP contribution in [0.25, 0.3) is 0 Å². The minimum atomic E-state index is -0.533. The molecule has 2 rings (SSSR count). The summed E-state index contributed by atoms with van der Waals surface area (Å²) in [6.07, 6.45) is 0.166. The van der Waals surface area contributed by atoms with Gasteiger partial charge in [-0.25, -0.2) is 4.39 Å². The van der Waals surface area contributed by atoms with E-state index in [1.54, 1.807) is 31.3 Å². The van der Waals surface area contributed by atoms with Crippen molar-refractivity contribution in [1.29, 1.82) is 0 Å². The fourth-order valence-electron chi connectivity index (χ4n) is 1.98. The molecule has 0 atom stereocenters. The Bertz CT molecular complexity index is 732. The number of benzene rings is 2. The zero-order chi connectivity index (χ0) is 17.0. The summed E-state index contributed by atoms with van der Waals surface area (Å²) in [5, 5.41) is 2.62. The Morgan fingerprint density at radius 1 is 1.17 bits per heavy atom. The van der Waals surface area contributed by atoms with Gasteiger partial charge in [0.1, 0.15) is 5.82 Å². The molecule has 0 spiro atoms. The van der Waals surface area contributed by atoms with Crippen LogP contribution < -0.4 is 10.2 Å². The first-order valence-electron chi connectivity index (χ1n) is 6.95.